The van der Waals surface area contributed by atoms with Gasteiger partial charge in [0.25, 0.3) is 0 Å². The van der Waals surface area contributed by atoms with E-state index < -0.39 is 0 Å². The summed E-state index contributed by atoms with van der Waals surface area (Å²) in [6.45, 7) is 6.61. The zero-order valence-electron chi connectivity index (χ0n) is 11.1. The molecule has 1 atom stereocenters. The third kappa shape index (κ3) is 4.66. The van der Waals surface area contributed by atoms with E-state index in [4.69, 9.17) is 4.74 Å². The van der Waals surface area contributed by atoms with Crippen molar-refractivity contribution >= 4 is 5.82 Å². The number of nitrogens with one attached hydrogen (secondary N) is 1. The molecule has 0 spiro atoms. The van der Waals surface area contributed by atoms with Gasteiger partial charge in [0.2, 0.25) is 0 Å². The molecule has 17 heavy (non-hydrogen) atoms. The average Bonchev–Trinajstić information content (AvgIpc) is 2.36. The fraction of sp³-hybridized carbons (Fsp3) is 0.667. The lowest BCUT2D eigenvalue weighted by molar-refractivity contribution is 0.124. The van der Waals surface area contributed by atoms with Crippen molar-refractivity contribution in [2.45, 2.75) is 26.5 Å². The van der Waals surface area contributed by atoms with Crippen molar-refractivity contribution < 1.29 is 4.74 Å². The van der Waals surface area contributed by atoms with Crippen molar-refractivity contribution in [2.75, 3.05) is 32.1 Å². The van der Waals surface area contributed by atoms with Crippen molar-refractivity contribution in [3.05, 3.63) is 18.1 Å². The second kappa shape index (κ2) is 7.19. The Balaban J connectivity index is 2.54. The van der Waals surface area contributed by atoms with Gasteiger partial charge in [0.15, 0.2) is 0 Å². The highest BCUT2D eigenvalue weighted by Crippen LogP contribution is 2.07. The summed E-state index contributed by atoms with van der Waals surface area (Å²) in [6.07, 6.45) is 3.80. The predicted octanol–water partition coefficient (Wildman–Crippen LogP) is 1.06. The van der Waals surface area contributed by atoms with Gasteiger partial charge in [-0.1, -0.05) is 6.92 Å². The van der Waals surface area contributed by atoms with E-state index in [1.807, 2.05) is 25.1 Å². The van der Waals surface area contributed by atoms with Gasteiger partial charge in [0, 0.05) is 27.2 Å². The van der Waals surface area contributed by atoms with E-state index in [1.165, 1.54) is 0 Å². The van der Waals surface area contributed by atoms with Crippen LogP contribution in [0.2, 0.25) is 0 Å². The lowest BCUT2D eigenvalue weighted by atomic mass is 10.3. The maximum Gasteiger partial charge on any atom is 0.146 e. The first kappa shape index (κ1) is 13.9. The van der Waals surface area contributed by atoms with Gasteiger partial charge in [0.1, 0.15) is 5.82 Å². The topological polar surface area (TPSA) is 50.3 Å². The van der Waals surface area contributed by atoms with Crippen LogP contribution in [-0.4, -0.2) is 43.3 Å². The molecule has 0 saturated heterocycles. The van der Waals surface area contributed by atoms with E-state index in [0.29, 0.717) is 0 Å². The van der Waals surface area contributed by atoms with Crippen LogP contribution in [0.5, 0.6) is 0 Å². The molecule has 1 aromatic heterocycles. The summed E-state index contributed by atoms with van der Waals surface area (Å²) in [7, 11) is 3.70. The minimum atomic E-state index is 0.184. The molecule has 5 nitrogen and oxygen atoms in total. The summed E-state index contributed by atoms with van der Waals surface area (Å²) in [5.41, 5.74) is 0.962. The zero-order valence-corrected chi connectivity index (χ0v) is 11.1. The first-order valence-corrected chi connectivity index (χ1v) is 5.93. The molecule has 0 aliphatic heterocycles. The number of rotatable bonds is 7. The molecule has 0 bridgehead atoms. The lowest BCUT2D eigenvalue weighted by Gasteiger charge is -2.21. The van der Waals surface area contributed by atoms with Crippen LogP contribution in [0.1, 0.15) is 19.5 Å². The van der Waals surface area contributed by atoms with Gasteiger partial charge in [-0.05, 0) is 13.5 Å². The molecule has 0 amide bonds. The van der Waals surface area contributed by atoms with Gasteiger partial charge in [0.05, 0.1) is 24.2 Å². The number of hydrogen-bond acceptors (Lipinski definition) is 5. The third-order valence-corrected chi connectivity index (χ3v) is 2.57. The molecule has 0 saturated carbocycles. The molecule has 0 aliphatic rings. The molecule has 0 fully saturated rings. The quantitative estimate of drug-likeness (QED) is 0.769. The van der Waals surface area contributed by atoms with Crippen molar-refractivity contribution in [3.63, 3.8) is 0 Å². The number of aromatic nitrogens is 2. The summed E-state index contributed by atoms with van der Waals surface area (Å²) in [5, 5.41) is 3.22. The fourth-order valence-electron chi connectivity index (χ4n) is 1.44. The third-order valence-electron chi connectivity index (χ3n) is 2.57. The van der Waals surface area contributed by atoms with E-state index in [0.717, 1.165) is 31.1 Å². The van der Waals surface area contributed by atoms with Crippen LogP contribution in [0.3, 0.4) is 0 Å². The Bertz CT molecular complexity index is 315. The fourth-order valence-corrected chi connectivity index (χ4v) is 1.44. The van der Waals surface area contributed by atoms with Gasteiger partial charge in [-0.3, -0.25) is 4.98 Å². The number of hydrogen-bond donors (Lipinski definition) is 1. The molecule has 1 aromatic rings. The minimum absolute atomic E-state index is 0.184. The SMILES string of the molecule is CCNCc1cnc(N(C)CC(C)OC)cn1. The van der Waals surface area contributed by atoms with Crippen LogP contribution in [0.4, 0.5) is 5.82 Å². The minimum Gasteiger partial charge on any atom is -0.380 e. The molecular formula is C12H22N4O. The van der Waals surface area contributed by atoms with Crippen LogP contribution in [-0.2, 0) is 11.3 Å². The smallest absolute Gasteiger partial charge is 0.146 e. The average molecular weight is 238 g/mol. The molecule has 0 radical (unpaired) electrons. The Kier molecular flexibility index (Phi) is 5.86. The molecule has 1 unspecified atom stereocenters. The monoisotopic (exact) mass is 238 g/mol. The van der Waals surface area contributed by atoms with Gasteiger partial charge >= 0.3 is 0 Å². The van der Waals surface area contributed by atoms with Crippen LogP contribution < -0.4 is 10.2 Å². The Morgan fingerprint density at radius 2 is 2.18 bits per heavy atom. The van der Waals surface area contributed by atoms with E-state index >= 15 is 0 Å². The number of ether oxygens (including phenoxy) is 1. The summed E-state index contributed by atoms with van der Waals surface area (Å²) in [5.74, 6) is 0.870. The summed E-state index contributed by atoms with van der Waals surface area (Å²) in [6, 6.07) is 0. The zero-order chi connectivity index (χ0) is 12.7. The second-order valence-corrected chi connectivity index (χ2v) is 4.07. The molecule has 5 heteroatoms. The molecule has 1 heterocycles. The molecule has 96 valence electrons. The first-order valence-electron chi connectivity index (χ1n) is 5.93. The highest BCUT2D eigenvalue weighted by Gasteiger charge is 2.07. The number of nitrogens with zero attached hydrogens (tertiary/aromatic N) is 3. The maximum absolute atomic E-state index is 5.22. The first-order chi connectivity index (χ1) is 8.17. The number of methoxy groups -OCH3 is 1. The van der Waals surface area contributed by atoms with E-state index in [1.54, 1.807) is 13.3 Å². The van der Waals surface area contributed by atoms with E-state index in [-0.39, 0.29) is 6.10 Å². The van der Waals surface area contributed by atoms with Crippen molar-refractivity contribution in [2.24, 2.45) is 0 Å². The molecule has 1 rings (SSSR count). The van der Waals surface area contributed by atoms with Crippen LogP contribution >= 0.6 is 0 Å². The standard InChI is InChI=1S/C12H22N4O/c1-5-13-6-11-7-15-12(8-14-11)16(3)9-10(2)17-4/h7-8,10,13H,5-6,9H2,1-4H3. The maximum atomic E-state index is 5.22. The van der Waals surface area contributed by atoms with Crippen LogP contribution in [0.15, 0.2) is 12.4 Å². The lowest BCUT2D eigenvalue weighted by Crippen LogP contribution is -2.29. The van der Waals surface area contributed by atoms with Crippen molar-refractivity contribution in [1.29, 1.82) is 0 Å². The van der Waals surface area contributed by atoms with Gasteiger partial charge in [-0.2, -0.15) is 0 Å². The van der Waals surface area contributed by atoms with E-state index in [2.05, 4.69) is 22.2 Å². The summed E-state index contributed by atoms with van der Waals surface area (Å²) in [4.78, 5) is 10.8. The van der Waals surface area contributed by atoms with E-state index in [9.17, 15) is 0 Å². The Morgan fingerprint density at radius 1 is 1.41 bits per heavy atom. The predicted molar refractivity (Wildman–Crippen MR) is 69.2 cm³/mol. The Morgan fingerprint density at radius 3 is 2.71 bits per heavy atom. The number of anilines is 1. The van der Waals surface area contributed by atoms with Gasteiger partial charge < -0.3 is 15.0 Å². The highest BCUT2D eigenvalue weighted by molar-refractivity contribution is 5.34. The Labute approximate surface area is 103 Å². The largest absolute Gasteiger partial charge is 0.380 e. The van der Waals surface area contributed by atoms with Gasteiger partial charge in [-0.25, -0.2) is 4.98 Å². The normalized spacial score (nSPS) is 12.5. The molecular weight excluding hydrogens is 216 g/mol. The second-order valence-electron chi connectivity index (χ2n) is 4.07. The highest BCUT2D eigenvalue weighted by atomic mass is 16.5. The van der Waals surface area contributed by atoms with Crippen molar-refractivity contribution in [3.8, 4) is 0 Å². The van der Waals surface area contributed by atoms with Crippen LogP contribution in [0.25, 0.3) is 0 Å². The number of likely N-dealkylation sites (N-methyl/N-ethyl adjacent to an activating group) is 1. The van der Waals surface area contributed by atoms with Crippen molar-refractivity contribution in [1.82, 2.24) is 15.3 Å². The molecule has 0 aromatic carbocycles. The van der Waals surface area contributed by atoms with Gasteiger partial charge in [-0.15, -0.1) is 0 Å². The molecule has 1 N–H and O–H groups in total. The van der Waals surface area contributed by atoms with Crippen LogP contribution in [0, 0.1) is 0 Å². The Hall–Kier alpha value is -1.20. The molecule has 0 aliphatic carbocycles. The summed E-state index contributed by atoms with van der Waals surface area (Å²) < 4.78 is 5.22. The summed E-state index contributed by atoms with van der Waals surface area (Å²) >= 11 is 0.